The molecule has 0 N–H and O–H groups in total. The first-order valence-electron chi connectivity index (χ1n) is 1.03. The smallest absolute Gasteiger partial charge is 0.344 e. The van der Waals surface area contributed by atoms with E-state index in [0.29, 0.717) is 4.01 Å². The van der Waals surface area contributed by atoms with Gasteiger partial charge in [0.25, 0.3) is 0 Å². The van der Waals surface area contributed by atoms with E-state index in [1.165, 1.54) is 0 Å². The molecule has 0 saturated carbocycles. The molecule has 0 aliphatic heterocycles. The van der Waals surface area contributed by atoms with Crippen LogP contribution >= 0.6 is 20.7 Å². The maximum absolute atomic E-state index is 5.19. The Morgan fingerprint density at radius 2 is 2.00 bits per heavy atom. The summed E-state index contributed by atoms with van der Waals surface area (Å²) in [4.78, 5) is 0. The average molecular weight is 109 g/mol. The number of rotatable bonds is 1. The Morgan fingerprint density at radius 1 is 1.75 bits per heavy atom. The molecule has 0 amide bonds. The summed E-state index contributed by atoms with van der Waals surface area (Å²) in [6.07, 6.45) is 0. The molecule has 0 rings (SSSR count). The number of hydrogen-bond donors (Lipinski definition) is 0. The van der Waals surface area contributed by atoms with Crippen molar-refractivity contribution in [3.63, 3.8) is 0 Å². The molecule has 0 aromatic heterocycles. The van der Waals surface area contributed by atoms with Crippen LogP contribution < -0.4 is 0 Å². The molecule has 0 unspecified atom stereocenters. The van der Waals surface area contributed by atoms with Crippen LogP contribution in [0.1, 0.15) is 0 Å². The lowest BCUT2D eigenvalue weighted by molar-refractivity contribution is 2.18. The summed E-state index contributed by atoms with van der Waals surface area (Å²) in [7, 11) is 5.19. The Bertz CT molecular complexity index is 8.00. The predicted molar refractivity (Wildman–Crippen MR) is 22.3 cm³/mol. The highest BCUT2D eigenvalue weighted by Gasteiger charge is 1.77. The first-order chi connectivity index (χ1) is 1.91. The molecule has 0 saturated heterocycles. The third-order valence-electron chi connectivity index (χ3n) is 0.0714. The maximum Gasteiger partial charge on any atom is 0.517 e. The summed E-state index contributed by atoms with van der Waals surface area (Å²) in [6.45, 7) is 0. The van der Waals surface area contributed by atoms with Crippen LogP contribution in [0.2, 0.25) is 0 Å². The number of alkyl halides is 1. The molecule has 0 aromatic rings. The van der Waals surface area contributed by atoms with Gasteiger partial charge in [0.15, 0.2) is 0 Å². The average Bonchev–Trinajstić information content (AvgIpc) is 1.37. The van der Waals surface area contributed by atoms with Crippen molar-refractivity contribution in [2.75, 3.05) is 4.01 Å². The molecule has 4 heavy (non-hydrogen) atoms. The van der Waals surface area contributed by atoms with E-state index in [9.17, 15) is 0 Å². The summed E-state index contributed by atoms with van der Waals surface area (Å²) in [6, 6.07) is 0. The highest BCUT2D eigenvalue weighted by molar-refractivity contribution is 6.96. The SMILES string of the molecule is Cl[CH2][Mg][Cl]. The molecule has 22 valence electrons. The van der Waals surface area contributed by atoms with Crippen molar-refractivity contribution in [1.82, 2.24) is 0 Å². The van der Waals surface area contributed by atoms with E-state index < -0.39 is 0 Å². The van der Waals surface area contributed by atoms with E-state index in [1.54, 1.807) is 0 Å². The van der Waals surface area contributed by atoms with Crippen LogP contribution in [0.15, 0.2) is 0 Å². The van der Waals surface area contributed by atoms with E-state index in [0.717, 1.165) is 0 Å². The Balaban J connectivity index is 1.97. The molecule has 0 spiro atoms. The van der Waals surface area contributed by atoms with Crippen LogP contribution in [0.4, 0.5) is 0 Å². The van der Waals surface area contributed by atoms with Gasteiger partial charge in [0, 0.05) is 0 Å². The normalized spacial score (nSPS) is 5.50. The van der Waals surface area contributed by atoms with E-state index in [4.69, 9.17) is 20.7 Å². The molecule has 3 heteroatoms. The minimum Gasteiger partial charge on any atom is -0.344 e. The van der Waals surface area contributed by atoms with Crippen LogP contribution in [0.3, 0.4) is 0 Å². The van der Waals surface area contributed by atoms with Gasteiger partial charge in [0.05, 0.1) is 0 Å². The molecule has 0 fully saturated rings. The van der Waals surface area contributed by atoms with Crippen LogP contribution in [0.5, 0.6) is 0 Å². The molecule has 0 aliphatic carbocycles. The molecule has 0 bridgehead atoms. The molecular formula is CH2Cl2Mg. The number of hydrogen-bond acceptors (Lipinski definition) is 0. The lowest BCUT2D eigenvalue weighted by Crippen LogP contribution is -1.71. The van der Waals surface area contributed by atoms with Gasteiger partial charge in [-0.2, -0.15) is 11.6 Å². The zero-order chi connectivity index (χ0) is 3.41. The second-order valence-electron chi connectivity index (χ2n) is 0.378. The van der Waals surface area contributed by atoms with Gasteiger partial charge in [-0.25, -0.2) is 0 Å². The van der Waals surface area contributed by atoms with Crippen molar-refractivity contribution < 1.29 is 0 Å². The summed E-state index contributed by atoms with van der Waals surface area (Å²) < 4.78 is 0.696. The Morgan fingerprint density at radius 3 is 2.00 bits per heavy atom. The van der Waals surface area contributed by atoms with Crippen molar-refractivity contribution in [1.29, 1.82) is 0 Å². The third-order valence-corrected chi connectivity index (χ3v) is 1.93. The fourth-order valence-electron chi connectivity index (χ4n) is 0. The van der Waals surface area contributed by atoms with Gasteiger partial charge in [-0.3, -0.25) is 0 Å². The summed E-state index contributed by atoms with van der Waals surface area (Å²) in [5.41, 5.74) is 0. The third kappa shape index (κ3) is 3.35. The Hall–Kier alpha value is 1.35. The molecule has 0 atom stereocenters. The highest BCUT2D eigenvalue weighted by Crippen LogP contribution is 1.70. The van der Waals surface area contributed by atoms with Crippen LogP contribution in [0.25, 0.3) is 0 Å². The van der Waals surface area contributed by atoms with Gasteiger partial charge < -0.3 is 9.07 Å². The molecule has 0 nitrogen and oxygen atoms in total. The van der Waals surface area contributed by atoms with Crippen molar-refractivity contribution in [3.05, 3.63) is 0 Å². The van der Waals surface area contributed by atoms with Crippen molar-refractivity contribution in [3.8, 4) is 0 Å². The summed E-state index contributed by atoms with van der Waals surface area (Å²) in [5, 5.41) is 0. The quantitative estimate of drug-likeness (QED) is 0.348. The maximum atomic E-state index is 5.19. The molecule has 0 heterocycles. The Labute approximate surface area is 44.0 Å². The monoisotopic (exact) mass is 108 g/mol. The molecule has 0 aliphatic rings. The first kappa shape index (κ1) is 5.35. The van der Waals surface area contributed by atoms with Gasteiger partial charge in [-0.1, -0.05) is 0 Å². The first-order valence-corrected chi connectivity index (χ1v) is 4.71. The van der Waals surface area contributed by atoms with Gasteiger partial charge in [-0.05, 0) is 4.01 Å². The van der Waals surface area contributed by atoms with Crippen molar-refractivity contribution in [2.45, 2.75) is 0 Å². The van der Waals surface area contributed by atoms with Gasteiger partial charge in [0.2, 0.25) is 0 Å². The van der Waals surface area contributed by atoms with E-state index in [-0.39, 0.29) is 19.3 Å². The van der Waals surface area contributed by atoms with E-state index >= 15 is 0 Å². The predicted octanol–water partition coefficient (Wildman–Crippen LogP) is 1.04. The van der Waals surface area contributed by atoms with Crippen molar-refractivity contribution >= 4 is 39.9 Å². The molecule has 0 aromatic carbocycles. The molecule has 0 radical (unpaired) electrons. The zero-order valence-corrected chi connectivity index (χ0v) is 5.10. The van der Waals surface area contributed by atoms with Gasteiger partial charge in [-0.15, -0.1) is 0 Å². The topological polar surface area (TPSA) is 0 Å². The second-order valence-corrected chi connectivity index (χ2v) is 3.40. The molecular weight excluding hydrogens is 107 g/mol. The summed E-state index contributed by atoms with van der Waals surface area (Å²) >= 11 is 4.78. The highest BCUT2D eigenvalue weighted by atomic mass is 35.5. The summed E-state index contributed by atoms with van der Waals surface area (Å²) in [5.74, 6) is 0. The zero-order valence-electron chi connectivity index (χ0n) is 2.17. The van der Waals surface area contributed by atoms with Gasteiger partial charge >= 0.3 is 19.3 Å². The van der Waals surface area contributed by atoms with Crippen LogP contribution in [0, 0.1) is 0 Å². The fraction of sp³-hybridized carbons (Fsp3) is 1.00. The van der Waals surface area contributed by atoms with E-state index in [1.807, 2.05) is 0 Å². The standard InChI is InChI=1S/CH2Cl.ClH.Mg/c1-2;;/h1H2;1H;/q;;+1/p-1. The fourth-order valence-corrected chi connectivity index (χ4v) is 0. The largest absolute Gasteiger partial charge is 0.517 e. The van der Waals surface area contributed by atoms with Crippen LogP contribution in [-0.2, 0) is 0 Å². The minimum atomic E-state index is -0.338. The lowest BCUT2D eigenvalue weighted by atomic mass is 11.9. The second kappa shape index (κ2) is 4.35. The van der Waals surface area contributed by atoms with Crippen molar-refractivity contribution in [2.24, 2.45) is 0 Å². The lowest BCUT2D eigenvalue weighted by Gasteiger charge is -1.56. The van der Waals surface area contributed by atoms with Gasteiger partial charge in [0.1, 0.15) is 0 Å². The van der Waals surface area contributed by atoms with Crippen LogP contribution in [-0.4, -0.2) is 23.3 Å². The minimum absolute atomic E-state index is 0.338. The number of halogens is 2. The Kier molecular flexibility index (Phi) is 5.81. The van der Waals surface area contributed by atoms with E-state index in [2.05, 4.69) is 0 Å².